The fourth-order valence-corrected chi connectivity index (χ4v) is 10.8. The first-order valence-corrected chi connectivity index (χ1v) is 13.5. The maximum atomic E-state index is 11.2. The molecule has 0 aromatic heterocycles. The summed E-state index contributed by atoms with van der Waals surface area (Å²) in [5.41, 5.74) is 0. The van der Waals surface area contributed by atoms with Gasteiger partial charge in [-0.3, -0.25) is 0 Å². The monoisotopic (exact) mass is 310 g/mol. The summed E-state index contributed by atoms with van der Waals surface area (Å²) in [5.74, 6) is -0.108. The number of halogens is 1. The molecule has 2 nitrogen and oxygen atoms in total. The topological polar surface area (TPSA) is 26.3 Å². The first-order valence-electron chi connectivity index (χ1n) is 6.33. The van der Waals surface area contributed by atoms with Gasteiger partial charge in [-0.05, 0) is 0 Å². The molecule has 0 aliphatic carbocycles. The number of hydrogen-bond acceptors (Lipinski definition) is 2. The average Bonchev–Trinajstić information content (AvgIpc) is 2.31. The van der Waals surface area contributed by atoms with Crippen LogP contribution in [0.25, 0.3) is 0 Å². The van der Waals surface area contributed by atoms with Crippen molar-refractivity contribution in [1.29, 1.82) is 0 Å². The van der Waals surface area contributed by atoms with Gasteiger partial charge >= 0.3 is 107 Å². The van der Waals surface area contributed by atoms with Gasteiger partial charge in [0.25, 0.3) is 0 Å². The van der Waals surface area contributed by atoms with Gasteiger partial charge in [-0.2, -0.15) is 0 Å². The molecule has 16 heavy (non-hydrogen) atoms. The van der Waals surface area contributed by atoms with Crippen LogP contribution in [0.15, 0.2) is 0 Å². The number of carbonyl (C=O) groups is 1. The van der Waals surface area contributed by atoms with Crippen molar-refractivity contribution < 1.29 is 9.53 Å². The zero-order valence-corrected chi connectivity index (χ0v) is 13.7. The first-order chi connectivity index (χ1) is 7.58. The molecule has 0 unspecified atom stereocenters. The van der Waals surface area contributed by atoms with Gasteiger partial charge in [0.1, 0.15) is 0 Å². The number of unbranched alkanes of at least 4 members (excludes halogenated alkanes) is 2. The normalized spacial score (nSPS) is 11.5. The summed E-state index contributed by atoms with van der Waals surface area (Å²) in [6.45, 7) is 4.39. The summed E-state index contributed by atoms with van der Waals surface area (Å²) in [6, 6.07) is 0. The van der Waals surface area contributed by atoms with Crippen LogP contribution in [-0.2, 0) is 9.53 Å². The van der Waals surface area contributed by atoms with Crippen molar-refractivity contribution in [1.82, 2.24) is 0 Å². The maximum absolute atomic E-state index is 11.2. The minimum atomic E-state index is -2.23. The van der Waals surface area contributed by atoms with Gasteiger partial charge in [-0.25, -0.2) is 0 Å². The van der Waals surface area contributed by atoms with Gasteiger partial charge in [0.2, 0.25) is 0 Å². The third-order valence-electron chi connectivity index (χ3n) is 2.96. The molecule has 96 valence electrons. The van der Waals surface area contributed by atoms with E-state index in [9.17, 15) is 4.79 Å². The quantitative estimate of drug-likeness (QED) is 0.468. The second-order valence-corrected chi connectivity index (χ2v) is 16.6. The van der Waals surface area contributed by atoms with Gasteiger partial charge in [0.15, 0.2) is 0 Å². The Morgan fingerprint density at radius 3 is 2.00 bits per heavy atom. The molecule has 0 atom stereocenters. The van der Waals surface area contributed by atoms with E-state index in [0.29, 0.717) is 6.42 Å². The predicted molar refractivity (Wildman–Crippen MR) is 72.5 cm³/mol. The summed E-state index contributed by atoms with van der Waals surface area (Å²) >= 11 is -2.23. The zero-order valence-electron chi connectivity index (χ0n) is 10.9. The van der Waals surface area contributed by atoms with E-state index in [4.69, 9.17) is 10.0 Å². The van der Waals surface area contributed by atoms with Crippen molar-refractivity contribution in [3.63, 3.8) is 0 Å². The van der Waals surface area contributed by atoms with E-state index in [1.807, 2.05) is 0 Å². The molecule has 0 aromatic carbocycles. The fraction of sp³-hybridized carbons (Fsp3) is 0.917. The van der Waals surface area contributed by atoms with Gasteiger partial charge in [0.05, 0.1) is 0 Å². The molecule has 0 radical (unpaired) electrons. The van der Waals surface area contributed by atoms with Crippen LogP contribution in [0.4, 0.5) is 0 Å². The zero-order chi connectivity index (χ0) is 12.4. The molecule has 4 heteroatoms. The number of ether oxygens (including phenoxy) is 1. The van der Waals surface area contributed by atoms with E-state index in [2.05, 4.69) is 18.6 Å². The number of esters is 1. The van der Waals surface area contributed by atoms with Gasteiger partial charge in [0, 0.05) is 0 Å². The van der Waals surface area contributed by atoms with Crippen LogP contribution in [0.1, 0.15) is 46.0 Å². The van der Waals surface area contributed by atoms with Gasteiger partial charge in [-0.15, -0.1) is 0 Å². The molecule has 0 bridgehead atoms. The van der Waals surface area contributed by atoms with Crippen molar-refractivity contribution in [2.75, 3.05) is 7.11 Å². The molecule has 0 saturated heterocycles. The Balaban J connectivity index is 4.11. The number of hydrogen-bond donors (Lipinski definition) is 0. The van der Waals surface area contributed by atoms with Crippen molar-refractivity contribution in [2.24, 2.45) is 0 Å². The molecule has 0 saturated carbocycles. The Labute approximate surface area is 107 Å². The van der Waals surface area contributed by atoms with E-state index >= 15 is 0 Å². The number of carbonyl (C=O) groups excluding carboxylic acids is 1. The van der Waals surface area contributed by atoms with Crippen LogP contribution in [0.3, 0.4) is 0 Å². The molecule has 0 aromatic rings. The average molecular weight is 309 g/mol. The van der Waals surface area contributed by atoms with Crippen molar-refractivity contribution in [3.8, 4) is 0 Å². The van der Waals surface area contributed by atoms with Crippen LogP contribution in [0.5, 0.6) is 0 Å². The van der Waals surface area contributed by atoms with Crippen LogP contribution in [-0.4, -0.2) is 25.4 Å². The predicted octanol–water partition coefficient (Wildman–Crippen LogP) is 4.33. The van der Waals surface area contributed by atoms with E-state index in [0.717, 1.165) is 5.25 Å². The Kier molecular flexibility index (Phi) is 9.52. The Hall–Kier alpha value is 0.303. The Morgan fingerprint density at radius 2 is 1.62 bits per heavy atom. The molecule has 0 aliphatic rings. The summed E-state index contributed by atoms with van der Waals surface area (Å²) in [5, 5.41) is 3.30. The molecular formula is C12H25ClGeO2. The molecule has 0 spiro atoms. The van der Waals surface area contributed by atoms with E-state index < -0.39 is 12.3 Å². The summed E-state index contributed by atoms with van der Waals surface area (Å²) < 4.78 is 4.69. The minimum absolute atomic E-state index is 0.108. The third kappa shape index (κ3) is 7.56. The Bertz CT molecular complexity index is 189. The van der Waals surface area contributed by atoms with Crippen molar-refractivity contribution >= 4 is 28.3 Å². The molecule has 0 aliphatic heterocycles. The van der Waals surface area contributed by atoms with Crippen LogP contribution < -0.4 is 0 Å². The van der Waals surface area contributed by atoms with Gasteiger partial charge in [-0.1, -0.05) is 0 Å². The molecule has 0 amide bonds. The Morgan fingerprint density at radius 1 is 1.12 bits per heavy atom. The van der Waals surface area contributed by atoms with Crippen LogP contribution >= 0.6 is 10.0 Å². The number of rotatable bonds is 9. The molecule has 0 heterocycles. The summed E-state index contributed by atoms with van der Waals surface area (Å²) in [7, 11) is 8.23. The second kappa shape index (κ2) is 9.35. The van der Waals surface area contributed by atoms with Crippen LogP contribution in [0.2, 0.25) is 15.8 Å². The SMILES string of the molecule is CCC[CH2][Ge]([Cl])([CH2]CCC)[CH2]CC(=O)OC. The third-order valence-corrected chi connectivity index (χ3v) is 13.6. The summed E-state index contributed by atoms with van der Waals surface area (Å²) in [4.78, 5) is 11.2. The summed E-state index contributed by atoms with van der Waals surface area (Å²) in [6.07, 6.45) is 5.35. The van der Waals surface area contributed by atoms with E-state index in [-0.39, 0.29) is 5.97 Å². The molecular weight excluding hydrogens is 284 g/mol. The van der Waals surface area contributed by atoms with E-state index in [1.54, 1.807) is 0 Å². The van der Waals surface area contributed by atoms with Crippen LogP contribution in [0, 0.1) is 0 Å². The molecule has 0 N–H and O–H groups in total. The fourth-order valence-electron chi connectivity index (χ4n) is 1.79. The van der Waals surface area contributed by atoms with E-state index in [1.165, 1.54) is 43.3 Å². The second-order valence-electron chi connectivity index (χ2n) is 4.43. The molecule has 0 fully saturated rings. The standard InChI is InChI=1S/C12H25ClGeO2/c1-4-6-9-14(13,10-7-5-2)11-8-12(15)16-3/h4-11H2,1-3H3. The van der Waals surface area contributed by atoms with Crippen molar-refractivity contribution in [2.45, 2.75) is 61.7 Å². The van der Waals surface area contributed by atoms with Crippen molar-refractivity contribution in [3.05, 3.63) is 0 Å². The number of methoxy groups -OCH3 is 1. The van der Waals surface area contributed by atoms with Gasteiger partial charge < -0.3 is 0 Å². The first kappa shape index (κ1) is 16.3. The molecule has 0 rings (SSSR count).